The van der Waals surface area contributed by atoms with Gasteiger partial charge in [0.05, 0.1) is 25.3 Å². The van der Waals surface area contributed by atoms with Crippen molar-refractivity contribution in [3.05, 3.63) is 34.8 Å². The molecule has 2 atom stereocenters. The Morgan fingerprint density at radius 3 is 2.75 bits per heavy atom. The molecule has 40 heavy (non-hydrogen) atoms. The third-order valence-corrected chi connectivity index (χ3v) is 8.28. The number of benzene rings is 1. The molecule has 2 aromatic heterocycles. The molecule has 1 saturated heterocycles. The zero-order chi connectivity index (χ0) is 27.8. The number of ether oxygens (including phenoxy) is 2. The second kappa shape index (κ2) is 9.23. The van der Waals surface area contributed by atoms with Crippen LogP contribution in [-0.4, -0.2) is 82.4 Å². The largest absolute Gasteiger partial charge is 0.473 e. The van der Waals surface area contributed by atoms with Gasteiger partial charge in [-0.1, -0.05) is 0 Å². The lowest BCUT2D eigenvalue weighted by atomic mass is 9.75. The van der Waals surface area contributed by atoms with E-state index in [1.807, 2.05) is 25.9 Å². The number of anilines is 2. The van der Waals surface area contributed by atoms with Crippen molar-refractivity contribution in [2.45, 2.75) is 56.8 Å². The fourth-order valence-electron chi connectivity index (χ4n) is 6.40. The van der Waals surface area contributed by atoms with Crippen molar-refractivity contribution in [1.29, 1.82) is 0 Å². The number of hydrogen-bond acceptors (Lipinski definition) is 9. The van der Waals surface area contributed by atoms with E-state index >= 15 is 8.78 Å². The molecular formula is C27H32F2N8O3. The maximum Gasteiger partial charge on any atom is 0.416 e. The fraction of sp³-hybridized carbons (Fsp3) is 0.556. The van der Waals surface area contributed by atoms with Gasteiger partial charge in [-0.2, -0.15) is 0 Å². The number of H-pyrrole nitrogens is 1. The molecular weight excluding hydrogens is 522 g/mol. The highest BCUT2D eigenvalue weighted by Gasteiger charge is 2.55. The predicted octanol–water partition coefficient (Wildman–Crippen LogP) is 2.75. The molecule has 7 rings (SSSR count). The van der Waals surface area contributed by atoms with Gasteiger partial charge < -0.3 is 30.0 Å². The maximum atomic E-state index is 15.3. The van der Waals surface area contributed by atoms with Crippen molar-refractivity contribution in [2.24, 2.45) is 5.92 Å². The van der Waals surface area contributed by atoms with E-state index in [1.54, 1.807) is 0 Å². The molecule has 2 unspecified atom stereocenters. The Morgan fingerprint density at radius 2 is 1.98 bits per heavy atom. The molecule has 0 radical (unpaired) electrons. The van der Waals surface area contributed by atoms with Gasteiger partial charge in [0.15, 0.2) is 23.3 Å². The lowest BCUT2D eigenvalue weighted by Gasteiger charge is -2.43. The Balaban J connectivity index is 0.961. The van der Waals surface area contributed by atoms with Gasteiger partial charge in [0, 0.05) is 18.9 Å². The Hall–Kier alpha value is -3.58. The standard InChI is InChI=1S/C27H32F2N8O3/c1-13-11-39-25-24(32-13)35-19(9-31-25)37-12-27(40-26(37)38)6-15(7-27)30-8-14-4-16-17(5-14)21(29)23-22(20(16)28)33-18(34-23)10-36(2)3/h9,13-15,30H,4-8,10-12H2,1-3H3,(H,32,35)(H,33,34). The molecule has 2 fully saturated rings. The summed E-state index contributed by atoms with van der Waals surface area (Å²) in [5, 5.41) is 6.76. The van der Waals surface area contributed by atoms with Crippen LogP contribution >= 0.6 is 0 Å². The van der Waals surface area contributed by atoms with Crippen molar-refractivity contribution >= 4 is 28.8 Å². The second-order valence-corrected chi connectivity index (χ2v) is 11.9. The van der Waals surface area contributed by atoms with Crippen LogP contribution in [0.4, 0.5) is 25.2 Å². The fourth-order valence-corrected chi connectivity index (χ4v) is 6.40. The average Bonchev–Trinajstić information content (AvgIpc) is 3.60. The van der Waals surface area contributed by atoms with E-state index in [-0.39, 0.29) is 29.0 Å². The summed E-state index contributed by atoms with van der Waals surface area (Å²) in [6.45, 7) is 3.99. The van der Waals surface area contributed by atoms with Crippen LogP contribution in [-0.2, 0) is 24.1 Å². The topological polar surface area (TPSA) is 121 Å². The Morgan fingerprint density at radius 1 is 1.20 bits per heavy atom. The normalized spacial score (nSPS) is 25.6. The second-order valence-electron chi connectivity index (χ2n) is 11.9. The molecule has 13 heteroatoms. The highest BCUT2D eigenvalue weighted by Crippen LogP contribution is 2.43. The minimum atomic E-state index is -0.574. The van der Waals surface area contributed by atoms with Crippen molar-refractivity contribution in [1.82, 2.24) is 30.2 Å². The van der Waals surface area contributed by atoms with Crippen molar-refractivity contribution in [3.8, 4) is 5.88 Å². The number of aromatic nitrogens is 4. The first-order chi connectivity index (χ1) is 19.2. The summed E-state index contributed by atoms with van der Waals surface area (Å²) in [5.74, 6) is 1.18. The quantitative estimate of drug-likeness (QED) is 0.422. The zero-order valence-electron chi connectivity index (χ0n) is 22.7. The Labute approximate surface area is 229 Å². The number of amides is 1. The average molecular weight is 555 g/mol. The molecule has 1 spiro atoms. The number of rotatable bonds is 6. The molecule has 4 aliphatic rings. The van der Waals surface area contributed by atoms with Crippen LogP contribution in [0.3, 0.4) is 0 Å². The van der Waals surface area contributed by atoms with Crippen LogP contribution in [0.15, 0.2) is 6.20 Å². The number of aromatic amines is 1. The number of hydrogen-bond donors (Lipinski definition) is 3. The minimum absolute atomic E-state index is 0.0776. The van der Waals surface area contributed by atoms with Crippen LogP contribution in [0.5, 0.6) is 5.88 Å². The van der Waals surface area contributed by atoms with Gasteiger partial charge >= 0.3 is 6.09 Å². The lowest BCUT2D eigenvalue weighted by Crippen LogP contribution is -2.56. The molecule has 0 bridgehead atoms. The molecule has 3 aromatic rings. The van der Waals surface area contributed by atoms with Crippen LogP contribution in [0, 0.1) is 17.6 Å². The summed E-state index contributed by atoms with van der Waals surface area (Å²) in [6.07, 6.45) is 3.35. The van der Waals surface area contributed by atoms with E-state index in [9.17, 15) is 4.79 Å². The van der Waals surface area contributed by atoms with Gasteiger partial charge in [-0.25, -0.2) is 28.5 Å². The summed E-state index contributed by atoms with van der Waals surface area (Å²) in [7, 11) is 3.76. The third kappa shape index (κ3) is 4.22. The molecule has 1 saturated carbocycles. The van der Waals surface area contributed by atoms with Crippen LogP contribution in [0.25, 0.3) is 11.0 Å². The number of carbonyl (C=O) groups is 1. The highest BCUT2D eigenvalue weighted by atomic mass is 19.1. The monoisotopic (exact) mass is 554 g/mol. The summed E-state index contributed by atoms with van der Waals surface area (Å²) < 4.78 is 42.0. The summed E-state index contributed by atoms with van der Waals surface area (Å²) in [5.41, 5.74) is 0.538. The predicted molar refractivity (Wildman–Crippen MR) is 142 cm³/mol. The van der Waals surface area contributed by atoms with E-state index in [0.717, 1.165) is 0 Å². The molecule has 4 heterocycles. The van der Waals surface area contributed by atoms with E-state index in [1.165, 1.54) is 11.1 Å². The zero-order valence-corrected chi connectivity index (χ0v) is 22.7. The molecule has 2 aliphatic carbocycles. The summed E-state index contributed by atoms with van der Waals surface area (Å²) in [4.78, 5) is 32.2. The van der Waals surface area contributed by atoms with Crippen molar-refractivity contribution in [2.75, 3.05) is 44.0 Å². The van der Waals surface area contributed by atoms with Gasteiger partial charge in [0.2, 0.25) is 0 Å². The third-order valence-electron chi connectivity index (χ3n) is 8.28. The van der Waals surface area contributed by atoms with E-state index in [2.05, 4.69) is 30.6 Å². The van der Waals surface area contributed by atoms with Gasteiger partial charge in [-0.15, -0.1) is 0 Å². The smallest absolute Gasteiger partial charge is 0.416 e. The Kier molecular flexibility index (Phi) is 5.86. The van der Waals surface area contributed by atoms with E-state index in [0.29, 0.717) is 86.4 Å². The number of nitrogens with zero attached hydrogens (tertiary/aromatic N) is 5. The Bertz CT molecular complexity index is 1460. The van der Waals surface area contributed by atoms with Crippen molar-refractivity contribution < 1.29 is 23.0 Å². The van der Waals surface area contributed by atoms with Gasteiger partial charge in [0.1, 0.15) is 29.1 Å². The first-order valence-corrected chi connectivity index (χ1v) is 13.7. The summed E-state index contributed by atoms with van der Waals surface area (Å²) >= 11 is 0. The maximum absolute atomic E-state index is 15.3. The molecule has 1 amide bonds. The van der Waals surface area contributed by atoms with Gasteiger partial charge in [-0.3, -0.25) is 4.90 Å². The summed E-state index contributed by atoms with van der Waals surface area (Å²) in [6, 6.07) is 0.251. The highest BCUT2D eigenvalue weighted by molar-refractivity contribution is 5.89. The van der Waals surface area contributed by atoms with Gasteiger partial charge in [-0.05, 0) is 57.5 Å². The van der Waals surface area contributed by atoms with E-state index in [4.69, 9.17) is 9.47 Å². The lowest BCUT2D eigenvalue weighted by molar-refractivity contribution is -0.0298. The van der Waals surface area contributed by atoms with Crippen LogP contribution < -0.4 is 20.3 Å². The number of nitrogens with one attached hydrogen (secondary N) is 3. The van der Waals surface area contributed by atoms with Crippen molar-refractivity contribution in [3.63, 3.8) is 0 Å². The molecule has 2 aliphatic heterocycles. The SMILES string of the molecule is CC1COc2ncc(N3CC4(CC(NCC5Cc6c(c(F)c7[nH]c(CN(C)C)nc7c6F)C5)C4)OC3=O)nc2N1. The van der Waals surface area contributed by atoms with Crippen LogP contribution in [0.1, 0.15) is 36.7 Å². The molecule has 1 aromatic carbocycles. The molecule has 3 N–H and O–H groups in total. The van der Waals surface area contributed by atoms with Gasteiger partial charge in [0.25, 0.3) is 5.88 Å². The minimum Gasteiger partial charge on any atom is -0.473 e. The number of halogens is 2. The first-order valence-electron chi connectivity index (χ1n) is 13.7. The number of imidazole rings is 1. The number of fused-ring (bicyclic) bond motifs is 3. The molecule has 212 valence electrons. The first kappa shape index (κ1) is 25.4. The molecule has 11 nitrogen and oxygen atoms in total. The number of carbonyl (C=O) groups excluding carboxylic acids is 1. The van der Waals surface area contributed by atoms with E-state index < -0.39 is 23.3 Å². The van der Waals surface area contributed by atoms with Crippen LogP contribution in [0.2, 0.25) is 0 Å².